The maximum atomic E-state index is 12.0. The first-order chi connectivity index (χ1) is 12.5. The van der Waals surface area contributed by atoms with Gasteiger partial charge < -0.3 is 15.4 Å². The van der Waals surface area contributed by atoms with E-state index in [0.29, 0.717) is 13.1 Å². The van der Waals surface area contributed by atoms with Crippen LogP contribution in [0.25, 0.3) is 0 Å². The first kappa shape index (κ1) is 18.8. The molecule has 0 saturated heterocycles. The molecule has 0 unspecified atom stereocenters. The number of anilines is 1. The van der Waals surface area contributed by atoms with Gasteiger partial charge in [-0.3, -0.25) is 19.3 Å². The summed E-state index contributed by atoms with van der Waals surface area (Å²) in [7, 11) is 1.23. The zero-order chi connectivity index (χ0) is 18.9. The molecule has 9 heteroatoms. The highest BCUT2D eigenvalue weighted by atomic mass is 16.5. The lowest BCUT2D eigenvalue weighted by atomic mass is 10.3. The number of carbonyl (C=O) groups is 3. The van der Waals surface area contributed by atoms with Crippen molar-refractivity contribution in [2.24, 2.45) is 0 Å². The van der Waals surface area contributed by atoms with Crippen molar-refractivity contribution in [3.63, 3.8) is 0 Å². The van der Waals surface area contributed by atoms with Crippen LogP contribution in [0.1, 0.15) is 23.0 Å². The van der Waals surface area contributed by atoms with Crippen molar-refractivity contribution in [3.8, 4) is 0 Å². The maximum Gasteiger partial charge on any atom is 0.360 e. The van der Waals surface area contributed by atoms with Crippen LogP contribution < -0.4 is 10.6 Å². The normalized spacial score (nSPS) is 10.5. The van der Waals surface area contributed by atoms with Crippen molar-refractivity contribution >= 4 is 23.5 Å². The third-order valence-electron chi connectivity index (χ3n) is 3.32. The predicted molar refractivity (Wildman–Crippen MR) is 93.1 cm³/mol. The molecule has 0 atom stereocenters. The summed E-state index contributed by atoms with van der Waals surface area (Å²) in [6.45, 7) is 2.68. The van der Waals surface area contributed by atoms with Gasteiger partial charge in [-0.05, 0) is 24.6 Å². The number of amides is 2. The summed E-state index contributed by atoms with van der Waals surface area (Å²) in [6, 6.07) is 3.55. The minimum absolute atomic E-state index is 0.00163. The average molecular weight is 357 g/mol. The average Bonchev–Trinajstić information content (AvgIpc) is 3.07. The number of pyridine rings is 1. The number of ether oxygens (including phenoxy) is 1. The minimum Gasteiger partial charge on any atom is -0.464 e. The highest BCUT2D eigenvalue weighted by Gasteiger charge is 2.18. The Morgan fingerprint density at radius 3 is 2.54 bits per heavy atom. The van der Waals surface area contributed by atoms with Gasteiger partial charge in [-0.1, -0.05) is 0 Å². The standard InChI is InChI=1S/C17H19N5O4/c1-3-22-11-13(16(21-22)17(25)26-2)20-15(24)5-4-14(23)19-10-12-6-8-18-9-7-12/h4-9,11H,3,10H2,1-2H3,(H,19,23)(H,20,24)/b5-4+. The second kappa shape index (κ2) is 9.11. The van der Waals surface area contributed by atoms with Gasteiger partial charge in [-0.25, -0.2) is 4.79 Å². The van der Waals surface area contributed by atoms with E-state index in [9.17, 15) is 14.4 Å². The van der Waals surface area contributed by atoms with Gasteiger partial charge in [0, 0.05) is 43.8 Å². The summed E-state index contributed by atoms with van der Waals surface area (Å²) in [5.74, 6) is -1.65. The molecule has 0 saturated carbocycles. The van der Waals surface area contributed by atoms with E-state index in [1.807, 2.05) is 6.92 Å². The molecule has 0 radical (unpaired) electrons. The van der Waals surface area contributed by atoms with E-state index in [2.05, 4.69) is 25.5 Å². The number of aromatic nitrogens is 3. The second-order valence-electron chi connectivity index (χ2n) is 5.13. The maximum absolute atomic E-state index is 12.0. The molecule has 0 aliphatic carbocycles. The Morgan fingerprint density at radius 1 is 1.19 bits per heavy atom. The molecule has 2 rings (SSSR count). The van der Waals surface area contributed by atoms with Crippen LogP contribution in [0.15, 0.2) is 42.9 Å². The lowest BCUT2D eigenvalue weighted by Crippen LogP contribution is -2.21. The summed E-state index contributed by atoms with van der Waals surface area (Å²) in [4.78, 5) is 39.3. The lowest BCUT2D eigenvalue weighted by molar-refractivity contribution is -0.117. The van der Waals surface area contributed by atoms with Crippen molar-refractivity contribution in [2.75, 3.05) is 12.4 Å². The van der Waals surface area contributed by atoms with E-state index in [0.717, 1.165) is 17.7 Å². The van der Waals surface area contributed by atoms with Crippen molar-refractivity contribution in [3.05, 3.63) is 54.1 Å². The van der Waals surface area contributed by atoms with Crippen LogP contribution >= 0.6 is 0 Å². The Labute approximate surface area is 150 Å². The minimum atomic E-state index is -0.661. The fourth-order valence-electron chi connectivity index (χ4n) is 2.00. The zero-order valence-electron chi connectivity index (χ0n) is 14.4. The first-order valence-electron chi connectivity index (χ1n) is 7.85. The van der Waals surface area contributed by atoms with Gasteiger partial charge in [0.2, 0.25) is 11.8 Å². The van der Waals surface area contributed by atoms with Crippen LogP contribution in [0, 0.1) is 0 Å². The molecule has 0 aliphatic rings. The van der Waals surface area contributed by atoms with E-state index in [4.69, 9.17) is 0 Å². The summed E-state index contributed by atoms with van der Waals surface area (Å²) >= 11 is 0. The number of nitrogens with zero attached hydrogens (tertiary/aromatic N) is 3. The largest absolute Gasteiger partial charge is 0.464 e. The number of esters is 1. The Kier molecular flexibility index (Phi) is 6.60. The van der Waals surface area contributed by atoms with Gasteiger partial charge >= 0.3 is 5.97 Å². The van der Waals surface area contributed by atoms with E-state index in [-0.39, 0.29) is 11.4 Å². The summed E-state index contributed by atoms with van der Waals surface area (Å²) in [5.41, 5.74) is 1.10. The lowest BCUT2D eigenvalue weighted by Gasteiger charge is -2.02. The van der Waals surface area contributed by atoms with E-state index in [1.165, 1.54) is 18.0 Å². The summed E-state index contributed by atoms with van der Waals surface area (Å²) < 4.78 is 6.13. The molecule has 9 nitrogen and oxygen atoms in total. The van der Waals surface area contributed by atoms with Crippen molar-refractivity contribution in [1.82, 2.24) is 20.1 Å². The Balaban J connectivity index is 1.93. The number of hydrogen-bond donors (Lipinski definition) is 2. The molecular weight excluding hydrogens is 338 g/mol. The molecule has 26 heavy (non-hydrogen) atoms. The van der Waals surface area contributed by atoms with Gasteiger partial charge in [0.25, 0.3) is 0 Å². The molecule has 0 aliphatic heterocycles. The van der Waals surface area contributed by atoms with E-state index >= 15 is 0 Å². The summed E-state index contributed by atoms with van der Waals surface area (Å²) in [5, 5.41) is 9.19. The van der Waals surface area contributed by atoms with Crippen LogP contribution in [0.2, 0.25) is 0 Å². The van der Waals surface area contributed by atoms with Crippen LogP contribution in [0.3, 0.4) is 0 Å². The number of rotatable bonds is 7. The van der Waals surface area contributed by atoms with Gasteiger partial charge in [-0.2, -0.15) is 5.10 Å². The molecule has 2 amide bonds. The van der Waals surface area contributed by atoms with E-state index < -0.39 is 17.8 Å². The van der Waals surface area contributed by atoms with Gasteiger partial charge in [0.05, 0.1) is 12.8 Å². The van der Waals surface area contributed by atoms with Gasteiger partial charge in [0.1, 0.15) is 0 Å². The Bertz CT molecular complexity index is 814. The smallest absolute Gasteiger partial charge is 0.360 e. The fourth-order valence-corrected chi connectivity index (χ4v) is 2.00. The SMILES string of the molecule is CCn1cc(NC(=O)/C=C/C(=O)NCc2ccncc2)c(C(=O)OC)n1. The van der Waals surface area contributed by atoms with Crippen LogP contribution in [-0.2, 0) is 27.4 Å². The van der Waals surface area contributed by atoms with Crippen LogP contribution in [0.4, 0.5) is 5.69 Å². The molecular formula is C17H19N5O4. The number of nitrogens with one attached hydrogen (secondary N) is 2. The molecule has 0 spiro atoms. The first-order valence-corrected chi connectivity index (χ1v) is 7.85. The van der Waals surface area contributed by atoms with Crippen molar-refractivity contribution < 1.29 is 19.1 Å². The Hall–Kier alpha value is -3.49. The molecule has 2 heterocycles. The monoisotopic (exact) mass is 357 g/mol. The van der Waals surface area contributed by atoms with Gasteiger partial charge in [-0.15, -0.1) is 0 Å². The Morgan fingerprint density at radius 2 is 1.88 bits per heavy atom. The number of methoxy groups -OCH3 is 1. The highest BCUT2D eigenvalue weighted by molar-refractivity contribution is 6.06. The highest BCUT2D eigenvalue weighted by Crippen LogP contribution is 2.15. The molecule has 2 aromatic heterocycles. The number of aryl methyl sites for hydroxylation is 1. The van der Waals surface area contributed by atoms with Crippen molar-refractivity contribution in [1.29, 1.82) is 0 Å². The molecule has 0 bridgehead atoms. The molecule has 2 aromatic rings. The van der Waals surface area contributed by atoms with Gasteiger partial charge in [0.15, 0.2) is 5.69 Å². The number of carbonyl (C=O) groups excluding carboxylic acids is 3. The fraction of sp³-hybridized carbons (Fsp3) is 0.235. The predicted octanol–water partition coefficient (Wildman–Crippen LogP) is 0.896. The summed E-state index contributed by atoms with van der Waals surface area (Å²) in [6.07, 6.45) is 6.95. The number of hydrogen-bond acceptors (Lipinski definition) is 6. The quantitative estimate of drug-likeness (QED) is 0.562. The topological polar surface area (TPSA) is 115 Å². The molecule has 136 valence electrons. The third-order valence-corrected chi connectivity index (χ3v) is 3.32. The third kappa shape index (κ3) is 5.26. The van der Waals surface area contributed by atoms with Crippen molar-refractivity contribution in [2.45, 2.75) is 20.0 Å². The molecule has 0 aromatic carbocycles. The van der Waals surface area contributed by atoms with Crippen LogP contribution in [-0.4, -0.2) is 39.7 Å². The molecule has 2 N–H and O–H groups in total. The van der Waals surface area contributed by atoms with E-state index in [1.54, 1.807) is 24.5 Å². The zero-order valence-corrected chi connectivity index (χ0v) is 14.4. The molecule has 0 fully saturated rings. The van der Waals surface area contributed by atoms with Crippen LogP contribution in [0.5, 0.6) is 0 Å². The second-order valence-corrected chi connectivity index (χ2v) is 5.13.